The molecule has 1 aromatic carbocycles. The molecule has 31 heavy (non-hydrogen) atoms. The highest BCUT2D eigenvalue weighted by atomic mass is 32.2. The number of likely N-dealkylation sites (tertiary alicyclic amines) is 1. The zero-order valence-corrected chi connectivity index (χ0v) is 18.7. The summed E-state index contributed by atoms with van der Waals surface area (Å²) in [5.41, 5.74) is 4.12. The van der Waals surface area contributed by atoms with Crippen LogP contribution in [0.25, 0.3) is 11.0 Å². The summed E-state index contributed by atoms with van der Waals surface area (Å²) in [6, 6.07) is 9.07. The zero-order chi connectivity index (χ0) is 22.0. The Labute approximate surface area is 182 Å². The molecular weight excluding hydrogens is 412 g/mol. The third kappa shape index (κ3) is 4.65. The monoisotopic (exact) mass is 440 g/mol. The first-order valence-corrected chi connectivity index (χ1v) is 12.1. The number of sulfonamides is 1. The average Bonchev–Trinajstić information content (AvgIpc) is 3.19. The van der Waals surface area contributed by atoms with Crippen LogP contribution in [0.5, 0.6) is 0 Å². The number of pyridine rings is 1. The molecule has 4 rings (SSSR count). The fourth-order valence-electron chi connectivity index (χ4n) is 4.17. The second-order valence-electron chi connectivity index (χ2n) is 8.19. The Bertz CT molecular complexity index is 1190. The van der Waals surface area contributed by atoms with E-state index in [4.69, 9.17) is 0 Å². The van der Waals surface area contributed by atoms with E-state index in [0.29, 0.717) is 19.0 Å². The number of fused-ring (bicyclic) bond motifs is 1. The van der Waals surface area contributed by atoms with Gasteiger partial charge in [0.2, 0.25) is 15.9 Å². The number of nitrogens with zero attached hydrogens (tertiary/aromatic N) is 2. The third-order valence-electron chi connectivity index (χ3n) is 6.19. The van der Waals surface area contributed by atoms with E-state index in [9.17, 15) is 13.2 Å². The zero-order valence-electron chi connectivity index (χ0n) is 17.9. The number of rotatable bonds is 6. The van der Waals surface area contributed by atoms with Gasteiger partial charge in [-0.05, 0) is 73.6 Å². The smallest absolute Gasteiger partial charge is 0.240 e. The number of H-pyrrole nitrogens is 1. The molecule has 1 aliphatic heterocycles. The third-order valence-corrected chi connectivity index (χ3v) is 7.65. The van der Waals surface area contributed by atoms with Gasteiger partial charge in [0.15, 0.2) is 0 Å². The van der Waals surface area contributed by atoms with E-state index in [-0.39, 0.29) is 23.8 Å². The van der Waals surface area contributed by atoms with E-state index in [0.717, 1.165) is 35.0 Å². The Kier molecular flexibility index (Phi) is 6.11. The van der Waals surface area contributed by atoms with Gasteiger partial charge in [-0.15, -0.1) is 0 Å². The minimum Gasteiger partial charge on any atom is -0.346 e. The molecule has 1 amide bonds. The lowest BCUT2D eigenvalue weighted by atomic mass is 9.89. The van der Waals surface area contributed by atoms with Crippen molar-refractivity contribution >= 4 is 27.0 Å². The van der Waals surface area contributed by atoms with Gasteiger partial charge in [0.1, 0.15) is 5.65 Å². The van der Waals surface area contributed by atoms with Crippen LogP contribution in [-0.4, -0.2) is 48.8 Å². The van der Waals surface area contributed by atoms with Crippen LogP contribution in [0.1, 0.15) is 41.9 Å². The molecule has 2 aromatic heterocycles. The number of carbonyl (C=O) groups is 1. The van der Waals surface area contributed by atoms with Crippen molar-refractivity contribution in [2.45, 2.75) is 43.9 Å². The van der Waals surface area contributed by atoms with Crippen molar-refractivity contribution in [1.82, 2.24) is 19.6 Å². The number of hydrogen-bond donors (Lipinski definition) is 2. The summed E-state index contributed by atoms with van der Waals surface area (Å²) in [5, 5.41) is 1.15. The van der Waals surface area contributed by atoms with Gasteiger partial charge in [-0.25, -0.2) is 18.1 Å². The predicted octanol–water partition coefficient (Wildman–Crippen LogP) is 3.25. The van der Waals surface area contributed by atoms with Gasteiger partial charge in [-0.3, -0.25) is 4.79 Å². The number of benzene rings is 1. The van der Waals surface area contributed by atoms with Crippen molar-refractivity contribution in [2.75, 3.05) is 19.6 Å². The van der Waals surface area contributed by atoms with Gasteiger partial charge in [0, 0.05) is 43.8 Å². The van der Waals surface area contributed by atoms with Gasteiger partial charge in [0.25, 0.3) is 0 Å². The van der Waals surface area contributed by atoms with E-state index < -0.39 is 10.0 Å². The van der Waals surface area contributed by atoms with Gasteiger partial charge >= 0.3 is 0 Å². The summed E-state index contributed by atoms with van der Waals surface area (Å²) < 4.78 is 27.5. The number of piperidine rings is 1. The Morgan fingerprint density at radius 1 is 1.19 bits per heavy atom. The second kappa shape index (κ2) is 8.80. The molecule has 164 valence electrons. The topological polar surface area (TPSA) is 95.2 Å². The molecular formula is C23H28N4O3S. The first-order chi connectivity index (χ1) is 14.8. The van der Waals surface area contributed by atoms with Crippen LogP contribution in [0.2, 0.25) is 0 Å². The number of aromatic nitrogens is 2. The maximum absolute atomic E-state index is 12.6. The first-order valence-electron chi connectivity index (χ1n) is 10.6. The molecule has 1 aliphatic rings. The van der Waals surface area contributed by atoms with Gasteiger partial charge in [-0.1, -0.05) is 6.07 Å². The van der Waals surface area contributed by atoms with Crippen LogP contribution in [0.4, 0.5) is 0 Å². The molecule has 8 heteroatoms. The molecule has 0 bridgehead atoms. The summed E-state index contributed by atoms with van der Waals surface area (Å²) in [5.74, 6) is 0.382. The molecule has 2 N–H and O–H groups in total. The highest BCUT2D eigenvalue weighted by Crippen LogP contribution is 2.32. The average molecular weight is 441 g/mol. The van der Waals surface area contributed by atoms with Crippen molar-refractivity contribution in [2.24, 2.45) is 0 Å². The molecule has 0 unspecified atom stereocenters. The van der Waals surface area contributed by atoms with Crippen molar-refractivity contribution in [3.8, 4) is 0 Å². The van der Waals surface area contributed by atoms with Crippen molar-refractivity contribution in [1.29, 1.82) is 0 Å². The van der Waals surface area contributed by atoms with Crippen molar-refractivity contribution in [3.05, 3.63) is 59.4 Å². The van der Waals surface area contributed by atoms with E-state index in [1.165, 1.54) is 5.56 Å². The SMILES string of the molecule is Cc1ccc(S(=O)(=O)NCCC(=O)N2CCC(c3c[nH]c4ncccc34)CC2)cc1C. The summed E-state index contributed by atoms with van der Waals surface area (Å²) in [4.78, 5) is 22.2. The fraction of sp³-hybridized carbons (Fsp3) is 0.391. The minimum atomic E-state index is -3.62. The normalized spacial score (nSPS) is 15.5. The van der Waals surface area contributed by atoms with Crippen LogP contribution < -0.4 is 4.72 Å². The molecule has 1 saturated heterocycles. The molecule has 3 aromatic rings. The van der Waals surface area contributed by atoms with Crippen LogP contribution in [0, 0.1) is 13.8 Å². The van der Waals surface area contributed by atoms with Crippen LogP contribution >= 0.6 is 0 Å². The van der Waals surface area contributed by atoms with E-state index in [1.54, 1.807) is 24.4 Å². The van der Waals surface area contributed by atoms with E-state index in [2.05, 4.69) is 20.8 Å². The standard InChI is InChI=1S/C23H28N4O3S/c1-16-5-6-19(14-17(16)2)31(29,30)26-11-7-22(28)27-12-8-18(9-13-27)21-15-25-23-20(21)4-3-10-24-23/h3-6,10,14-15,18,26H,7-9,11-13H2,1-2H3,(H,24,25). The lowest BCUT2D eigenvalue weighted by Gasteiger charge is -2.32. The van der Waals surface area contributed by atoms with Gasteiger partial charge < -0.3 is 9.88 Å². The molecule has 0 atom stereocenters. The number of amides is 1. The molecule has 0 saturated carbocycles. The molecule has 0 spiro atoms. The number of nitrogens with one attached hydrogen (secondary N) is 2. The Balaban J connectivity index is 1.29. The molecule has 7 nitrogen and oxygen atoms in total. The van der Waals surface area contributed by atoms with E-state index in [1.807, 2.05) is 31.0 Å². The van der Waals surface area contributed by atoms with Gasteiger partial charge in [0.05, 0.1) is 4.90 Å². The first kappa shape index (κ1) is 21.5. The number of aryl methyl sites for hydroxylation is 2. The number of aromatic amines is 1. The van der Waals surface area contributed by atoms with Crippen molar-refractivity contribution in [3.63, 3.8) is 0 Å². The summed E-state index contributed by atoms with van der Waals surface area (Å²) in [6.07, 6.45) is 5.75. The van der Waals surface area contributed by atoms with Crippen LogP contribution in [-0.2, 0) is 14.8 Å². The molecule has 3 heterocycles. The van der Waals surface area contributed by atoms with Gasteiger partial charge in [-0.2, -0.15) is 0 Å². The Hall–Kier alpha value is -2.71. The van der Waals surface area contributed by atoms with Crippen molar-refractivity contribution < 1.29 is 13.2 Å². The highest BCUT2D eigenvalue weighted by Gasteiger charge is 2.25. The lowest BCUT2D eigenvalue weighted by molar-refractivity contribution is -0.132. The minimum absolute atomic E-state index is 0.0122. The Morgan fingerprint density at radius 2 is 1.97 bits per heavy atom. The molecule has 0 radical (unpaired) electrons. The van der Waals surface area contributed by atoms with Crippen LogP contribution in [0.3, 0.4) is 0 Å². The predicted molar refractivity (Wildman–Crippen MR) is 120 cm³/mol. The van der Waals surface area contributed by atoms with Crippen LogP contribution in [0.15, 0.2) is 47.6 Å². The lowest BCUT2D eigenvalue weighted by Crippen LogP contribution is -2.39. The fourth-order valence-corrected chi connectivity index (χ4v) is 5.29. The maximum atomic E-state index is 12.6. The highest BCUT2D eigenvalue weighted by molar-refractivity contribution is 7.89. The van der Waals surface area contributed by atoms with E-state index >= 15 is 0 Å². The molecule has 0 aliphatic carbocycles. The Morgan fingerprint density at radius 3 is 2.71 bits per heavy atom. The largest absolute Gasteiger partial charge is 0.346 e. The summed E-state index contributed by atoms with van der Waals surface area (Å²) in [7, 11) is -3.62. The summed E-state index contributed by atoms with van der Waals surface area (Å²) in [6.45, 7) is 5.29. The number of carbonyl (C=O) groups excluding carboxylic acids is 1. The maximum Gasteiger partial charge on any atom is 0.240 e. The molecule has 1 fully saturated rings. The second-order valence-corrected chi connectivity index (χ2v) is 9.96. The quantitative estimate of drug-likeness (QED) is 0.615. The summed E-state index contributed by atoms with van der Waals surface area (Å²) >= 11 is 0. The number of hydrogen-bond acceptors (Lipinski definition) is 4.